The molecule has 1 aromatic heterocycles. The van der Waals surface area contributed by atoms with Crippen LogP contribution in [0.4, 0.5) is 5.69 Å². The first-order valence-corrected chi connectivity index (χ1v) is 6.66. The van der Waals surface area contributed by atoms with Gasteiger partial charge >= 0.3 is 0 Å². The van der Waals surface area contributed by atoms with E-state index in [1.165, 1.54) is 0 Å². The topological polar surface area (TPSA) is 44.9 Å². The van der Waals surface area contributed by atoms with Gasteiger partial charge in [-0.2, -0.15) is 0 Å². The predicted octanol–water partition coefficient (Wildman–Crippen LogP) is 4.18. The third kappa shape index (κ3) is 2.53. The first-order chi connectivity index (χ1) is 9.22. The van der Waals surface area contributed by atoms with Gasteiger partial charge in [-0.25, -0.2) is 0 Å². The molecule has 2 N–H and O–H groups in total. The summed E-state index contributed by atoms with van der Waals surface area (Å²) in [5.74, 6) is -0.115. The maximum absolute atomic E-state index is 12.1. The van der Waals surface area contributed by atoms with Crippen molar-refractivity contribution in [3.63, 3.8) is 0 Å². The lowest BCUT2D eigenvalue weighted by Crippen LogP contribution is -2.11. The molecule has 0 unspecified atom stereocenters. The maximum atomic E-state index is 12.1. The van der Waals surface area contributed by atoms with Gasteiger partial charge in [-0.05, 0) is 42.5 Å². The molecule has 3 aromatic rings. The molecule has 1 amide bonds. The van der Waals surface area contributed by atoms with Gasteiger partial charge in [0.15, 0.2) is 0 Å². The Labute approximate surface area is 118 Å². The highest BCUT2D eigenvalue weighted by molar-refractivity contribution is 9.10. The van der Waals surface area contributed by atoms with Crippen molar-refractivity contribution in [3.05, 3.63) is 64.8 Å². The lowest BCUT2D eigenvalue weighted by atomic mass is 10.2. The Morgan fingerprint density at radius 3 is 2.84 bits per heavy atom. The zero-order valence-electron chi connectivity index (χ0n) is 9.98. The SMILES string of the molecule is O=C(Nc1ccc2[nH]ccc2c1)c1cccc(Br)c1. The van der Waals surface area contributed by atoms with Crippen molar-refractivity contribution in [2.24, 2.45) is 0 Å². The van der Waals surface area contributed by atoms with Crippen LogP contribution in [-0.2, 0) is 0 Å². The fourth-order valence-corrected chi connectivity index (χ4v) is 2.36. The van der Waals surface area contributed by atoms with Crippen LogP contribution in [0, 0.1) is 0 Å². The minimum absolute atomic E-state index is 0.115. The number of halogens is 1. The Balaban J connectivity index is 1.86. The van der Waals surface area contributed by atoms with Gasteiger partial charge in [0.25, 0.3) is 5.91 Å². The summed E-state index contributed by atoms with van der Waals surface area (Å²) in [6, 6.07) is 15.1. The summed E-state index contributed by atoms with van der Waals surface area (Å²) in [6.45, 7) is 0. The Morgan fingerprint density at radius 1 is 1.11 bits per heavy atom. The molecule has 3 rings (SSSR count). The van der Waals surface area contributed by atoms with Crippen molar-refractivity contribution in [3.8, 4) is 0 Å². The molecule has 0 aliphatic carbocycles. The Kier molecular flexibility index (Phi) is 3.09. The number of hydrogen-bond donors (Lipinski definition) is 2. The minimum Gasteiger partial charge on any atom is -0.361 e. The second-order valence-electron chi connectivity index (χ2n) is 4.24. The van der Waals surface area contributed by atoms with Crippen molar-refractivity contribution in [1.29, 1.82) is 0 Å². The highest BCUT2D eigenvalue weighted by atomic mass is 79.9. The number of H-pyrrole nitrogens is 1. The lowest BCUT2D eigenvalue weighted by Gasteiger charge is -2.05. The van der Waals surface area contributed by atoms with Crippen LogP contribution in [0.25, 0.3) is 10.9 Å². The molecule has 0 atom stereocenters. The van der Waals surface area contributed by atoms with Crippen LogP contribution in [0.1, 0.15) is 10.4 Å². The molecule has 94 valence electrons. The van der Waals surface area contributed by atoms with Gasteiger partial charge in [0.05, 0.1) is 0 Å². The van der Waals surface area contributed by atoms with E-state index < -0.39 is 0 Å². The van der Waals surface area contributed by atoms with E-state index in [1.54, 1.807) is 12.1 Å². The van der Waals surface area contributed by atoms with E-state index in [9.17, 15) is 4.79 Å². The van der Waals surface area contributed by atoms with E-state index in [4.69, 9.17) is 0 Å². The summed E-state index contributed by atoms with van der Waals surface area (Å²) >= 11 is 3.36. The molecule has 2 aromatic carbocycles. The number of carbonyl (C=O) groups excluding carboxylic acids is 1. The molecule has 3 nitrogen and oxygen atoms in total. The number of carbonyl (C=O) groups is 1. The van der Waals surface area contributed by atoms with Gasteiger partial charge in [0.2, 0.25) is 0 Å². The fourth-order valence-electron chi connectivity index (χ4n) is 1.96. The van der Waals surface area contributed by atoms with E-state index >= 15 is 0 Å². The molecular formula is C15H11BrN2O. The number of rotatable bonds is 2. The number of aromatic amines is 1. The molecule has 0 bridgehead atoms. The molecule has 0 saturated heterocycles. The third-order valence-corrected chi connectivity index (χ3v) is 3.39. The maximum Gasteiger partial charge on any atom is 0.255 e. The van der Waals surface area contributed by atoms with Gasteiger partial charge in [0.1, 0.15) is 0 Å². The number of aromatic nitrogens is 1. The van der Waals surface area contributed by atoms with Gasteiger partial charge in [0, 0.05) is 32.8 Å². The van der Waals surface area contributed by atoms with E-state index in [0.717, 1.165) is 21.1 Å². The van der Waals surface area contributed by atoms with Crippen LogP contribution in [0.2, 0.25) is 0 Å². The number of hydrogen-bond acceptors (Lipinski definition) is 1. The lowest BCUT2D eigenvalue weighted by molar-refractivity contribution is 0.102. The molecule has 0 saturated carbocycles. The van der Waals surface area contributed by atoms with E-state index in [0.29, 0.717) is 5.56 Å². The first kappa shape index (κ1) is 12.0. The second kappa shape index (κ2) is 4.90. The zero-order chi connectivity index (χ0) is 13.2. The number of fused-ring (bicyclic) bond motifs is 1. The quantitative estimate of drug-likeness (QED) is 0.732. The Morgan fingerprint density at radius 2 is 2.00 bits per heavy atom. The van der Waals surface area contributed by atoms with Crippen molar-refractivity contribution in [1.82, 2.24) is 4.98 Å². The fraction of sp³-hybridized carbons (Fsp3) is 0. The highest BCUT2D eigenvalue weighted by Crippen LogP contribution is 2.19. The highest BCUT2D eigenvalue weighted by Gasteiger charge is 2.06. The number of benzene rings is 2. The monoisotopic (exact) mass is 314 g/mol. The van der Waals surface area contributed by atoms with Crippen molar-refractivity contribution < 1.29 is 4.79 Å². The van der Waals surface area contributed by atoms with Crippen LogP contribution in [0.15, 0.2) is 59.2 Å². The Hall–Kier alpha value is -2.07. The molecule has 4 heteroatoms. The van der Waals surface area contributed by atoms with Gasteiger partial charge in [-0.1, -0.05) is 22.0 Å². The van der Waals surface area contributed by atoms with Gasteiger partial charge in [-0.3, -0.25) is 4.79 Å². The summed E-state index contributed by atoms with van der Waals surface area (Å²) in [6.07, 6.45) is 1.88. The first-order valence-electron chi connectivity index (χ1n) is 5.86. The number of anilines is 1. The molecule has 1 heterocycles. The van der Waals surface area contributed by atoms with E-state index in [-0.39, 0.29) is 5.91 Å². The molecule has 0 aliphatic rings. The third-order valence-electron chi connectivity index (χ3n) is 2.90. The smallest absolute Gasteiger partial charge is 0.255 e. The predicted molar refractivity (Wildman–Crippen MR) is 80.4 cm³/mol. The molecule has 19 heavy (non-hydrogen) atoms. The van der Waals surface area contributed by atoms with Crippen LogP contribution in [0.5, 0.6) is 0 Å². The molecule has 0 fully saturated rings. The second-order valence-corrected chi connectivity index (χ2v) is 5.16. The summed E-state index contributed by atoms with van der Waals surface area (Å²) < 4.78 is 0.890. The van der Waals surface area contributed by atoms with Crippen LogP contribution in [-0.4, -0.2) is 10.9 Å². The van der Waals surface area contributed by atoms with Crippen molar-refractivity contribution in [2.75, 3.05) is 5.32 Å². The summed E-state index contributed by atoms with van der Waals surface area (Å²) in [4.78, 5) is 15.2. The number of nitrogens with one attached hydrogen (secondary N) is 2. The summed E-state index contributed by atoms with van der Waals surface area (Å²) in [5, 5.41) is 3.97. The van der Waals surface area contributed by atoms with Gasteiger partial charge < -0.3 is 10.3 Å². The Bertz CT molecular complexity index is 748. The minimum atomic E-state index is -0.115. The van der Waals surface area contributed by atoms with Crippen LogP contribution >= 0.6 is 15.9 Å². The van der Waals surface area contributed by atoms with Gasteiger partial charge in [-0.15, -0.1) is 0 Å². The summed E-state index contributed by atoms with van der Waals surface area (Å²) in [5.41, 5.74) is 2.47. The van der Waals surface area contributed by atoms with Crippen LogP contribution in [0.3, 0.4) is 0 Å². The van der Waals surface area contributed by atoms with Crippen LogP contribution < -0.4 is 5.32 Å². The largest absolute Gasteiger partial charge is 0.361 e. The molecule has 0 radical (unpaired) electrons. The molecule has 0 spiro atoms. The summed E-state index contributed by atoms with van der Waals surface area (Å²) in [7, 11) is 0. The zero-order valence-corrected chi connectivity index (χ0v) is 11.6. The average molecular weight is 315 g/mol. The molecule has 0 aliphatic heterocycles. The van der Waals surface area contributed by atoms with Crippen molar-refractivity contribution in [2.45, 2.75) is 0 Å². The standard InChI is InChI=1S/C15H11BrN2O/c16-12-3-1-2-11(8-12)15(19)18-13-4-5-14-10(9-13)6-7-17-14/h1-9,17H,(H,18,19). The number of amides is 1. The van der Waals surface area contributed by atoms with E-state index in [2.05, 4.69) is 26.2 Å². The molecular weight excluding hydrogens is 304 g/mol. The normalized spacial score (nSPS) is 10.6. The average Bonchev–Trinajstić information content (AvgIpc) is 2.86. The van der Waals surface area contributed by atoms with Crippen molar-refractivity contribution >= 4 is 38.4 Å². The van der Waals surface area contributed by atoms with E-state index in [1.807, 2.05) is 42.6 Å².